The summed E-state index contributed by atoms with van der Waals surface area (Å²) < 4.78 is 24.3. The summed E-state index contributed by atoms with van der Waals surface area (Å²) in [6.07, 6.45) is 2.55. The standard InChI is InChI=1S/C10H18N4O2S/c1-10(2,7-11)13-9-5-4-8(6-12-9)14-17(3,15)16/h4-6,14H,7,11H2,1-3H3,(H,12,13). The van der Waals surface area contributed by atoms with Crippen LogP contribution in [0.5, 0.6) is 0 Å². The number of aromatic nitrogens is 1. The van der Waals surface area contributed by atoms with Gasteiger partial charge in [-0.25, -0.2) is 13.4 Å². The molecule has 0 bridgehead atoms. The van der Waals surface area contributed by atoms with Crippen molar-refractivity contribution < 1.29 is 8.42 Å². The number of anilines is 2. The molecule has 7 heteroatoms. The average Bonchev–Trinajstić information content (AvgIpc) is 2.19. The summed E-state index contributed by atoms with van der Waals surface area (Å²) in [5.41, 5.74) is 5.77. The first kappa shape index (κ1) is 13.7. The molecule has 0 spiro atoms. The van der Waals surface area contributed by atoms with Gasteiger partial charge in [0.2, 0.25) is 10.0 Å². The monoisotopic (exact) mass is 258 g/mol. The van der Waals surface area contributed by atoms with Gasteiger partial charge in [-0.1, -0.05) is 0 Å². The highest BCUT2D eigenvalue weighted by Crippen LogP contribution is 2.14. The summed E-state index contributed by atoms with van der Waals surface area (Å²) in [6.45, 7) is 4.38. The maximum Gasteiger partial charge on any atom is 0.229 e. The minimum Gasteiger partial charge on any atom is -0.364 e. The van der Waals surface area contributed by atoms with Crippen LogP contribution in [0.2, 0.25) is 0 Å². The number of pyridine rings is 1. The van der Waals surface area contributed by atoms with E-state index in [0.717, 1.165) is 6.26 Å². The summed E-state index contributed by atoms with van der Waals surface area (Å²) >= 11 is 0. The molecule has 1 aromatic rings. The van der Waals surface area contributed by atoms with E-state index in [1.54, 1.807) is 12.1 Å². The highest BCUT2D eigenvalue weighted by molar-refractivity contribution is 7.92. The number of nitrogens with one attached hydrogen (secondary N) is 2. The molecule has 1 rings (SSSR count). The highest BCUT2D eigenvalue weighted by atomic mass is 32.2. The van der Waals surface area contributed by atoms with Crippen LogP contribution in [0, 0.1) is 0 Å². The van der Waals surface area contributed by atoms with Crippen molar-refractivity contribution in [2.75, 3.05) is 22.8 Å². The minimum atomic E-state index is -3.26. The van der Waals surface area contributed by atoms with Gasteiger partial charge in [0.1, 0.15) is 5.82 Å². The SMILES string of the molecule is CC(C)(CN)Nc1ccc(NS(C)(=O)=O)cn1. The van der Waals surface area contributed by atoms with Gasteiger partial charge < -0.3 is 11.1 Å². The molecule has 0 unspecified atom stereocenters. The van der Waals surface area contributed by atoms with Gasteiger partial charge in [-0.2, -0.15) is 0 Å². The Morgan fingerprint density at radius 2 is 2.06 bits per heavy atom. The molecule has 0 aromatic carbocycles. The second-order valence-corrected chi connectivity index (χ2v) is 6.27. The second-order valence-electron chi connectivity index (χ2n) is 4.52. The van der Waals surface area contributed by atoms with Crippen molar-refractivity contribution in [3.05, 3.63) is 18.3 Å². The Bertz CT molecular complexity index is 468. The van der Waals surface area contributed by atoms with Gasteiger partial charge in [-0.15, -0.1) is 0 Å². The van der Waals surface area contributed by atoms with Crippen LogP contribution in [0.3, 0.4) is 0 Å². The van der Waals surface area contributed by atoms with E-state index in [1.165, 1.54) is 6.20 Å². The largest absolute Gasteiger partial charge is 0.364 e. The predicted molar refractivity (Wildman–Crippen MR) is 69.5 cm³/mol. The van der Waals surface area contributed by atoms with Crippen molar-refractivity contribution in [3.8, 4) is 0 Å². The normalized spacial score (nSPS) is 12.2. The zero-order chi connectivity index (χ0) is 13.1. The third-order valence-corrected chi connectivity index (χ3v) is 2.65. The molecule has 0 amide bonds. The molecular formula is C10H18N4O2S. The molecule has 1 aromatic heterocycles. The van der Waals surface area contributed by atoms with E-state index < -0.39 is 10.0 Å². The summed E-state index contributed by atoms with van der Waals surface area (Å²) in [5, 5.41) is 3.14. The topological polar surface area (TPSA) is 97.1 Å². The summed E-state index contributed by atoms with van der Waals surface area (Å²) in [6, 6.07) is 3.34. The van der Waals surface area contributed by atoms with Gasteiger partial charge in [-0.3, -0.25) is 4.72 Å². The van der Waals surface area contributed by atoms with E-state index in [0.29, 0.717) is 18.1 Å². The molecule has 17 heavy (non-hydrogen) atoms. The van der Waals surface area contributed by atoms with Crippen LogP contribution in [0.1, 0.15) is 13.8 Å². The van der Waals surface area contributed by atoms with E-state index in [2.05, 4.69) is 15.0 Å². The maximum absolute atomic E-state index is 11.0. The summed E-state index contributed by atoms with van der Waals surface area (Å²) in [7, 11) is -3.26. The predicted octanol–water partition coefficient (Wildman–Crippen LogP) is 0.602. The third kappa shape index (κ3) is 5.01. The molecule has 4 N–H and O–H groups in total. The van der Waals surface area contributed by atoms with Crippen molar-refractivity contribution in [3.63, 3.8) is 0 Å². The lowest BCUT2D eigenvalue weighted by Crippen LogP contribution is -2.39. The fourth-order valence-corrected chi connectivity index (χ4v) is 1.69. The lowest BCUT2D eigenvalue weighted by molar-refractivity contribution is 0.577. The Morgan fingerprint density at radius 3 is 2.47 bits per heavy atom. The lowest BCUT2D eigenvalue weighted by Gasteiger charge is -2.24. The molecule has 0 aliphatic rings. The first-order valence-corrected chi connectivity index (χ1v) is 7.03. The molecule has 6 nitrogen and oxygen atoms in total. The van der Waals surface area contributed by atoms with Crippen LogP contribution in [0.25, 0.3) is 0 Å². The summed E-state index contributed by atoms with van der Waals surface area (Å²) in [4.78, 5) is 4.10. The van der Waals surface area contributed by atoms with E-state index >= 15 is 0 Å². The average molecular weight is 258 g/mol. The van der Waals surface area contributed by atoms with E-state index in [9.17, 15) is 8.42 Å². The van der Waals surface area contributed by atoms with E-state index in [1.807, 2.05) is 13.8 Å². The van der Waals surface area contributed by atoms with Crippen LogP contribution >= 0.6 is 0 Å². The maximum atomic E-state index is 11.0. The van der Waals surface area contributed by atoms with Crippen molar-refractivity contribution in [2.45, 2.75) is 19.4 Å². The number of nitrogens with two attached hydrogens (primary N) is 1. The first-order valence-electron chi connectivity index (χ1n) is 5.14. The van der Waals surface area contributed by atoms with Gasteiger partial charge in [0, 0.05) is 12.1 Å². The molecule has 0 radical (unpaired) electrons. The Labute approximate surface area is 102 Å². The zero-order valence-electron chi connectivity index (χ0n) is 10.2. The van der Waals surface area contributed by atoms with Crippen molar-refractivity contribution in [2.24, 2.45) is 5.73 Å². The van der Waals surface area contributed by atoms with Crippen LogP contribution in [0.4, 0.5) is 11.5 Å². The van der Waals surface area contributed by atoms with E-state index in [-0.39, 0.29) is 5.54 Å². The minimum absolute atomic E-state index is 0.251. The highest BCUT2D eigenvalue weighted by Gasteiger charge is 2.15. The quantitative estimate of drug-likeness (QED) is 0.718. The number of rotatable bonds is 5. The molecule has 96 valence electrons. The Morgan fingerprint density at radius 1 is 1.41 bits per heavy atom. The van der Waals surface area contributed by atoms with Gasteiger partial charge in [-0.05, 0) is 26.0 Å². The smallest absolute Gasteiger partial charge is 0.229 e. The Balaban J connectivity index is 2.75. The molecule has 0 atom stereocenters. The molecule has 0 aliphatic carbocycles. The van der Waals surface area contributed by atoms with Crippen molar-refractivity contribution in [1.29, 1.82) is 0 Å². The molecule has 0 fully saturated rings. The number of hydrogen-bond acceptors (Lipinski definition) is 5. The number of sulfonamides is 1. The molecule has 0 saturated heterocycles. The summed E-state index contributed by atoms with van der Waals surface area (Å²) in [5.74, 6) is 0.652. The third-order valence-electron chi connectivity index (χ3n) is 2.04. The fourth-order valence-electron chi connectivity index (χ4n) is 1.14. The number of nitrogens with zero attached hydrogens (tertiary/aromatic N) is 1. The molecule has 1 heterocycles. The molecular weight excluding hydrogens is 240 g/mol. The van der Waals surface area contributed by atoms with Crippen molar-refractivity contribution >= 4 is 21.5 Å². The van der Waals surface area contributed by atoms with E-state index in [4.69, 9.17) is 5.73 Å². The Kier molecular flexibility index (Phi) is 3.94. The van der Waals surface area contributed by atoms with Gasteiger partial charge in [0.05, 0.1) is 18.1 Å². The van der Waals surface area contributed by atoms with Crippen LogP contribution in [-0.2, 0) is 10.0 Å². The van der Waals surface area contributed by atoms with Crippen molar-refractivity contribution in [1.82, 2.24) is 4.98 Å². The second kappa shape index (κ2) is 4.89. The van der Waals surface area contributed by atoms with Crippen LogP contribution in [-0.4, -0.2) is 31.7 Å². The molecule has 0 saturated carbocycles. The fraction of sp³-hybridized carbons (Fsp3) is 0.500. The Hall–Kier alpha value is -1.34. The molecule has 0 aliphatic heterocycles. The first-order chi connectivity index (χ1) is 7.72. The van der Waals surface area contributed by atoms with Crippen LogP contribution < -0.4 is 15.8 Å². The van der Waals surface area contributed by atoms with Gasteiger partial charge in [0.15, 0.2) is 0 Å². The van der Waals surface area contributed by atoms with Gasteiger partial charge in [0.25, 0.3) is 0 Å². The zero-order valence-corrected chi connectivity index (χ0v) is 11.0. The van der Waals surface area contributed by atoms with Gasteiger partial charge >= 0.3 is 0 Å². The number of hydrogen-bond donors (Lipinski definition) is 3. The lowest BCUT2D eigenvalue weighted by atomic mass is 10.1. The van der Waals surface area contributed by atoms with Crippen LogP contribution in [0.15, 0.2) is 18.3 Å².